The smallest absolute Gasteiger partial charge is 0.290 e. The lowest BCUT2D eigenvalue weighted by Gasteiger charge is -2.29. The minimum atomic E-state index is -0.693. The Bertz CT molecular complexity index is 700. The Kier molecular flexibility index (Phi) is 5.55. The Balaban J connectivity index is 2.56. The first-order chi connectivity index (χ1) is 11.7. The van der Waals surface area contributed by atoms with E-state index in [1.807, 2.05) is 31.2 Å². The number of hydrogen-bond acceptors (Lipinski definition) is 4. The number of amides is 1. The van der Waals surface area contributed by atoms with Gasteiger partial charge in [-0.1, -0.05) is 46.2 Å². The minimum absolute atomic E-state index is 0.182. The van der Waals surface area contributed by atoms with Gasteiger partial charge in [0.1, 0.15) is 5.75 Å². The van der Waals surface area contributed by atoms with Crippen LogP contribution in [-0.2, 0) is 9.59 Å². The van der Waals surface area contributed by atoms with Gasteiger partial charge < -0.3 is 14.7 Å². The topological polar surface area (TPSA) is 66.8 Å². The van der Waals surface area contributed by atoms with Crippen molar-refractivity contribution < 1.29 is 19.4 Å². The summed E-state index contributed by atoms with van der Waals surface area (Å²) in [6, 6.07) is 6.72. The Labute approximate surface area is 149 Å². The van der Waals surface area contributed by atoms with Gasteiger partial charge in [-0.3, -0.25) is 9.59 Å². The van der Waals surface area contributed by atoms with Crippen LogP contribution < -0.4 is 4.74 Å². The van der Waals surface area contributed by atoms with Crippen molar-refractivity contribution in [3.05, 3.63) is 41.2 Å². The highest BCUT2D eigenvalue weighted by Crippen LogP contribution is 2.41. The third-order valence-electron chi connectivity index (χ3n) is 4.39. The molecule has 5 heteroatoms. The molecule has 0 radical (unpaired) electrons. The highest BCUT2D eigenvalue weighted by molar-refractivity contribution is 6.10. The van der Waals surface area contributed by atoms with Gasteiger partial charge in [0.2, 0.25) is 0 Å². The number of Topliss-reactive ketones (excluding diaryl/α,β-unsaturated/α-hetero) is 1. The summed E-state index contributed by atoms with van der Waals surface area (Å²) in [5.74, 6) is -0.475. The number of unbranched alkanes of at least 4 members (excludes halogenated alkanes) is 1. The Hall–Kier alpha value is -2.30. The van der Waals surface area contributed by atoms with E-state index in [4.69, 9.17) is 4.74 Å². The number of ether oxygens (including phenoxy) is 1. The molecule has 1 N–H and O–H groups in total. The molecule has 5 nitrogen and oxygen atoms in total. The molecular weight excluding hydrogens is 318 g/mol. The van der Waals surface area contributed by atoms with E-state index in [1.165, 1.54) is 0 Å². The van der Waals surface area contributed by atoms with Crippen molar-refractivity contribution in [1.29, 1.82) is 0 Å². The highest BCUT2D eigenvalue weighted by atomic mass is 16.5. The highest BCUT2D eigenvalue weighted by Gasteiger charge is 2.45. The average molecular weight is 345 g/mol. The average Bonchev–Trinajstić information content (AvgIpc) is 2.82. The number of methoxy groups -OCH3 is 1. The summed E-state index contributed by atoms with van der Waals surface area (Å²) in [4.78, 5) is 27.2. The van der Waals surface area contributed by atoms with E-state index < -0.39 is 23.1 Å². The van der Waals surface area contributed by atoms with Crippen LogP contribution >= 0.6 is 0 Å². The fourth-order valence-electron chi connectivity index (χ4n) is 3.01. The Morgan fingerprint density at radius 3 is 2.56 bits per heavy atom. The lowest BCUT2D eigenvalue weighted by molar-refractivity contribution is -0.129. The Morgan fingerprint density at radius 2 is 2.00 bits per heavy atom. The molecule has 0 aliphatic carbocycles. The van der Waals surface area contributed by atoms with E-state index in [0.717, 1.165) is 18.4 Å². The molecule has 0 spiro atoms. The zero-order valence-electron chi connectivity index (χ0n) is 15.6. The van der Waals surface area contributed by atoms with Gasteiger partial charge in [0.15, 0.2) is 11.5 Å². The van der Waals surface area contributed by atoms with Crippen LogP contribution in [0.4, 0.5) is 0 Å². The van der Waals surface area contributed by atoms with Gasteiger partial charge >= 0.3 is 0 Å². The molecule has 2 rings (SSSR count). The molecule has 1 unspecified atom stereocenters. The van der Waals surface area contributed by atoms with Gasteiger partial charge in [0.05, 0.1) is 18.7 Å². The molecule has 1 aromatic carbocycles. The van der Waals surface area contributed by atoms with Gasteiger partial charge in [-0.15, -0.1) is 0 Å². The summed E-state index contributed by atoms with van der Waals surface area (Å²) in [7, 11) is 1.57. The zero-order valence-corrected chi connectivity index (χ0v) is 15.6. The normalized spacial score (nSPS) is 18.0. The first-order valence-corrected chi connectivity index (χ1v) is 8.65. The van der Waals surface area contributed by atoms with Crippen molar-refractivity contribution in [2.24, 2.45) is 5.41 Å². The molecule has 0 saturated carbocycles. The maximum atomic E-state index is 13.0. The van der Waals surface area contributed by atoms with Crippen molar-refractivity contribution in [3.8, 4) is 5.75 Å². The fraction of sp³-hybridized carbons (Fsp3) is 0.500. The van der Waals surface area contributed by atoms with E-state index in [0.29, 0.717) is 12.3 Å². The third-order valence-corrected chi connectivity index (χ3v) is 4.39. The summed E-state index contributed by atoms with van der Waals surface area (Å²) >= 11 is 0. The Morgan fingerprint density at radius 1 is 1.32 bits per heavy atom. The maximum Gasteiger partial charge on any atom is 0.290 e. The quantitative estimate of drug-likeness (QED) is 0.851. The summed E-state index contributed by atoms with van der Waals surface area (Å²) < 4.78 is 5.28. The van der Waals surface area contributed by atoms with Gasteiger partial charge in [0.25, 0.3) is 5.91 Å². The van der Waals surface area contributed by atoms with E-state index in [2.05, 4.69) is 0 Å². The second-order valence-corrected chi connectivity index (χ2v) is 7.37. The van der Waals surface area contributed by atoms with E-state index in [-0.39, 0.29) is 11.4 Å². The molecule has 25 heavy (non-hydrogen) atoms. The molecule has 136 valence electrons. The molecule has 0 saturated heterocycles. The largest absolute Gasteiger partial charge is 0.503 e. The zero-order chi connectivity index (χ0) is 18.8. The molecule has 0 bridgehead atoms. The summed E-state index contributed by atoms with van der Waals surface area (Å²) in [5, 5.41) is 10.5. The number of aliphatic hydroxyl groups is 1. The number of rotatable bonds is 6. The molecule has 1 aromatic rings. The number of hydrogen-bond donors (Lipinski definition) is 1. The van der Waals surface area contributed by atoms with Gasteiger partial charge in [0, 0.05) is 12.0 Å². The molecule has 0 fully saturated rings. The third kappa shape index (κ3) is 3.70. The lowest BCUT2D eigenvalue weighted by Crippen LogP contribution is -2.33. The van der Waals surface area contributed by atoms with Crippen molar-refractivity contribution in [1.82, 2.24) is 4.90 Å². The monoisotopic (exact) mass is 345 g/mol. The van der Waals surface area contributed by atoms with Crippen LogP contribution in [-0.4, -0.2) is 35.4 Å². The van der Waals surface area contributed by atoms with Crippen LogP contribution in [0.3, 0.4) is 0 Å². The van der Waals surface area contributed by atoms with Crippen molar-refractivity contribution in [2.45, 2.75) is 46.6 Å². The molecule has 1 heterocycles. The predicted octanol–water partition coefficient (Wildman–Crippen LogP) is 3.81. The number of carbonyl (C=O) groups is 2. The first-order valence-electron chi connectivity index (χ1n) is 8.65. The SMILES string of the molecule is CCCCN1C(=O)C(O)=C(C(=O)C(C)(C)C)C1c1cccc(OC)c1. The van der Waals surface area contributed by atoms with Crippen molar-refractivity contribution in [2.75, 3.05) is 13.7 Å². The summed E-state index contributed by atoms with van der Waals surface area (Å²) in [6.45, 7) is 7.89. The number of benzene rings is 1. The molecule has 1 atom stereocenters. The fourth-order valence-corrected chi connectivity index (χ4v) is 3.01. The van der Waals surface area contributed by atoms with Crippen molar-refractivity contribution in [3.63, 3.8) is 0 Å². The second-order valence-electron chi connectivity index (χ2n) is 7.37. The standard InChI is InChI=1S/C20H27NO4/c1-6-7-11-21-16(13-9-8-10-14(12-13)25-5)15(17(22)19(21)24)18(23)20(2,3)4/h8-10,12,16,22H,6-7,11H2,1-5H3. The molecule has 1 amide bonds. The van der Waals surface area contributed by atoms with Crippen LogP contribution in [0, 0.1) is 5.41 Å². The van der Waals surface area contributed by atoms with Crippen LogP contribution in [0.1, 0.15) is 52.1 Å². The summed E-state index contributed by atoms with van der Waals surface area (Å²) in [5.41, 5.74) is 0.254. The molecule has 1 aliphatic heterocycles. The maximum absolute atomic E-state index is 13.0. The van der Waals surface area contributed by atoms with Crippen LogP contribution in [0.2, 0.25) is 0 Å². The van der Waals surface area contributed by atoms with Crippen LogP contribution in [0.5, 0.6) is 5.75 Å². The first kappa shape index (κ1) is 19.0. The van der Waals surface area contributed by atoms with Crippen molar-refractivity contribution >= 4 is 11.7 Å². The summed E-state index contributed by atoms with van der Waals surface area (Å²) in [6.07, 6.45) is 1.72. The molecular formula is C20H27NO4. The number of aliphatic hydroxyl groups excluding tert-OH is 1. The molecule has 0 aromatic heterocycles. The predicted molar refractivity (Wildman–Crippen MR) is 96.5 cm³/mol. The van der Waals surface area contributed by atoms with Gasteiger partial charge in [-0.2, -0.15) is 0 Å². The lowest BCUT2D eigenvalue weighted by atomic mass is 9.82. The second kappa shape index (κ2) is 7.30. The van der Waals surface area contributed by atoms with Gasteiger partial charge in [-0.05, 0) is 24.1 Å². The molecule has 1 aliphatic rings. The van der Waals surface area contributed by atoms with E-state index in [1.54, 1.807) is 32.8 Å². The van der Waals surface area contributed by atoms with E-state index >= 15 is 0 Å². The van der Waals surface area contributed by atoms with E-state index in [9.17, 15) is 14.7 Å². The minimum Gasteiger partial charge on any atom is -0.503 e. The number of nitrogens with zero attached hydrogens (tertiary/aromatic N) is 1. The number of ketones is 1. The van der Waals surface area contributed by atoms with Gasteiger partial charge in [-0.25, -0.2) is 0 Å². The van der Waals surface area contributed by atoms with Crippen LogP contribution in [0.25, 0.3) is 0 Å². The number of carbonyl (C=O) groups excluding carboxylic acids is 2. The van der Waals surface area contributed by atoms with Crippen LogP contribution in [0.15, 0.2) is 35.6 Å².